The van der Waals surface area contributed by atoms with Crippen LogP contribution in [0, 0.1) is 0 Å². The quantitative estimate of drug-likeness (QED) is 0.230. The van der Waals surface area contributed by atoms with Gasteiger partial charge in [0.25, 0.3) is 0 Å². The number of hydrogen-bond donors (Lipinski definition) is 0. The molecule has 0 aromatic heterocycles. The standard InChI is InChI=1S/C15H29NO2/c1-4-5-6-7-8-9-10-11-12-18-15(14-17)13-16(2)3/h13-14H,4-12H2,1-3H3/b15-13+. The molecule has 0 radical (unpaired) electrons. The second kappa shape index (κ2) is 12.5. The highest BCUT2D eigenvalue weighted by atomic mass is 16.5. The Balaban J connectivity index is 3.36. The lowest BCUT2D eigenvalue weighted by atomic mass is 10.1. The van der Waals surface area contributed by atoms with E-state index in [2.05, 4.69) is 6.92 Å². The van der Waals surface area contributed by atoms with Crippen molar-refractivity contribution >= 4 is 6.29 Å². The third kappa shape index (κ3) is 11.5. The molecule has 0 spiro atoms. The van der Waals surface area contributed by atoms with Gasteiger partial charge in [0.05, 0.1) is 6.61 Å². The van der Waals surface area contributed by atoms with Gasteiger partial charge in [-0.25, -0.2) is 0 Å². The minimum absolute atomic E-state index is 0.419. The number of rotatable bonds is 12. The third-order valence-corrected chi connectivity index (χ3v) is 2.77. The SMILES string of the molecule is CCCCCCCCCCO/C(C=O)=C/N(C)C. The Labute approximate surface area is 112 Å². The van der Waals surface area contributed by atoms with Gasteiger partial charge in [0.1, 0.15) is 0 Å². The largest absolute Gasteiger partial charge is 0.489 e. The maximum atomic E-state index is 10.7. The van der Waals surface area contributed by atoms with Gasteiger partial charge in [-0.1, -0.05) is 51.9 Å². The Morgan fingerprint density at radius 2 is 1.56 bits per heavy atom. The molecule has 0 aromatic rings. The van der Waals surface area contributed by atoms with Gasteiger partial charge >= 0.3 is 0 Å². The van der Waals surface area contributed by atoms with E-state index in [1.807, 2.05) is 19.0 Å². The molecule has 0 aliphatic carbocycles. The van der Waals surface area contributed by atoms with Crippen molar-refractivity contribution in [1.82, 2.24) is 4.90 Å². The van der Waals surface area contributed by atoms with Crippen LogP contribution >= 0.6 is 0 Å². The summed E-state index contributed by atoms with van der Waals surface area (Å²) in [6.45, 7) is 2.89. The van der Waals surface area contributed by atoms with E-state index in [0.717, 1.165) is 12.7 Å². The lowest BCUT2D eigenvalue weighted by Crippen LogP contribution is -2.06. The van der Waals surface area contributed by atoms with Crippen LogP contribution in [0.4, 0.5) is 0 Å². The molecule has 0 amide bonds. The maximum absolute atomic E-state index is 10.7. The van der Waals surface area contributed by atoms with Crippen LogP contribution in [0.3, 0.4) is 0 Å². The highest BCUT2D eigenvalue weighted by Crippen LogP contribution is 2.08. The number of ether oxygens (including phenoxy) is 1. The van der Waals surface area contributed by atoms with Crippen LogP contribution in [0.15, 0.2) is 12.0 Å². The molecule has 0 atom stereocenters. The molecule has 0 unspecified atom stereocenters. The molecular formula is C15H29NO2. The van der Waals surface area contributed by atoms with Crippen LogP contribution in [-0.4, -0.2) is 31.9 Å². The van der Waals surface area contributed by atoms with Gasteiger partial charge in [0, 0.05) is 20.3 Å². The van der Waals surface area contributed by atoms with Crippen molar-refractivity contribution in [1.29, 1.82) is 0 Å². The lowest BCUT2D eigenvalue weighted by Gasteiger charge is -2.09. The van der Waals surface area contributed by atoms with Crippen LogP contribution < -0.4 is 0 Å². The normalized spacial score (nSPS) is 11.4. The molecule has 106 valence electrons. The Morgan fingerprint density at radius 1 is 1.00 bits per heavy atom. The summed E-state index contributed by atoms with van der Waals surface area (Å²) in [6, 6.07) is 0. The molecular weight excluding hydrogens is 226 g/mol. The fraction of sp³-hybridized carbons (Fsp3) is 0.800. The fourth-order valence-electron chi connectivity index (χ4n) is 1.78. The van der Waals surface area contributed by atoms with E-state index in [1.54, 1.807) is 6.20 Å². The maximum Gasteiger partial charge on any atom is 0.186 e. The Bertz CT molecular complexity index is 225. The van der Waals surface area contributed by atoms with Crippen LogP contribution in [0.2, 0.25) is 0 Å². The van der Waals surface area contributed by atoms with Crippen molar-refractivity contribution in [2.75, 3.05) is 20.7 Å². The smallest absolute Gasteiger partial charge is 0.186 e. The monoisotopic (exact) mass is 255 g/mol. The van der Waals surface area contributed by atoms with Crippen LogP contribution in [-0.2, 0) is 9.53 Å². The predicted molar refractivity (Wildman–Crippen MR) is 76.4 cm³/mol. The molecule has 0 aliphatic heterocycles. The summed E-state index contributed by atoms with van der Waals surface area (Å²) < 4.78 is 5.40. The Kier molecular flexibility index (Phi) is 11.8. The van der Waals surface area contributed by atoms with Gasteiger partial charge in [0.15, 0.2) is 12.0 Å². The summed E-state index contributed by atoms with van der Waals surface area (Å²) in [5, 5.41) is 0. The Morgan fingerprint density at radius 3 is 2.06 bits per heavy atom. The first kappa shape index (κ1) is 17.0. The molecule has 0 fully saturated rings. The zero-order valence-electron chi connectivity index (χ0n) is 12.3. The van der Waals surface area contributed by atoms with Gasteiger partial charge < -0.3 is 9.64 Å². The fourth-order valence-corrected chi connectivity index (χ4v) is 1.78. The minimum atomic E-state index is 0.419. The summed E-state index contributed by atoms with van der Waals surface area (Å²) in [6.07, 6.45) is 12.7. The number of carbonyl (C=O) groups excluding carboxylic acids is 1. The number of unbranched alkanes of at least 4 members (excludes halogenated alkanes) is 7. The number of aldehydes is 1. The van der Waals surface area contributed by atoms with Crippen molar-refractivity contribution in [3.05, 3.63) is 12.0 Å². The molecule has 0 bridgehead atoms. The van der Waals surface area contributed by atoms with E-state index in [0.29, 0.717) is 12.4 Å². The zero-order valence-corrected chi connectivity index (χ0v) is 12.3. The highest BCUT2D eigenvalue weighted by Gasteiger charge is 1.97. The van der Waals surface area contributed by atoms with Crippen molar-refractivity contribution in [3.63, 3.8) is 0 Å². The second-order valence-electron chi connectivity index (χ2n) is 4.94. The number of hydrogen-bond acceptors (Lipinski definition) is 3. The van der Waals surface area contributed by atoms with Crippen LogP contribution in [0.25, 0.3) is 0 Å². The first-order valence-corrected chi connectivity index (χ1v) is 7.17. The molecule has 0 aromatic carbocycles. The van der Waals surface area contributed by atoms with Gasteiger partial charge in [0.2, 0.25) is 0 Å². The van der Waals surface area contributed by atoms with Gasteiger partial charge in [-0.15, -0.1) is 0 Å². The topological polar surface area (TPSA) is 29.5 Å². The van der Waals surface area contributed by atoms with Gasteiger partial charge in [-0.05, 0) is 6.42 Å². The molecule has 18 heavy (non-hydrogen) atoms. The second-order valence-corrected chi connectivity index (χ2v) is 4.94. The molecule has 0 N–H and O–H groups in total. The average Bonchev–Trinajstić information content (AvgIpc) is 2.35. The van der Waals surface area contributed by atoms with E-state index in [4.69, 9.17) is 4.74 Å². The minimum Gasteiger partial charge on any atom is -0.489 e. The summed E-state index contributed by atoms with van der Waals surface area (Å²) in [4.78, 5) is 12.5. The van der Waals surface area contributed by atoms with Gasteiger partial charge in [-0.2, -0.15) is 0 Å². The van der Waals surface area contributed by atoms with Crippen LogP contribution in [0.5, 0.6) is 0 Å². The number of nitrogens with zero attached hydrogens (tertiary/aromatic N) is 1. The Hall–Kier alpha value is -0.990. The molecule has 0 heterocycles. The first-order valence-electron chi connectivity index (χ1n) is 7.17. The zero-order chi connectivity index (χ0) is 13.6. The molecule has 0 aliphatic rings. The van der Waals surface area contributed by atoms with Crippen molar-refractivity contribution < 1.29 is 9.53 Å². The summed E-state index contributed by atoms with van der Waals surface area (Å²) in [7, 11) is 3.76. The van der Waals surface area contributed by atoms with Crippen molar-refractivity contribution in [3.8, 4) is 0 Å². The molecule has 3 nitrogen and oxygen atoms in total. The first-order chi connectivity index (χ1) is 8.70. The van der Waals surface area contributed by atoms with Gasteiger partial charge in [-0.3, -0.25) is 4.79 Å². The van der Waals surface area contributed by atoms with E-state index < -0.39 is 0 Å². The predicted octanol–water partition coefficient (Wildman–Crippen LogP) is 3.75. The van der Waals surface area contributed by atoms with Crippen molar-refractivity contribution in [2.24, 2.45) is 0 Å². The van der Waals surface area contributed by atoms with Crippen LogP contribution in [0.1, 0.15) is 58.3 Å². The number of allylic oxidation sites excluding steroid dienone is 1. The molecule has 3 heteroatoms. The average molecular weight is 255 g/mol. The van der Waals surface area contributed by atoms with E-state index >= 15 is 0 Å². The third-order valence-electron chi connectivity index (χ3n) is 2.77. The summed E-state index contributed by atoms with van der Waals surface area (Å²) >= 11 is 0. The van der Waals surface area contributed by atoms with E-state index in [9.17, 15) is 4.79 Å². The van der Waals surface area contributed by atoms with Crippen molar-refractivity contribution in [2.45, 2.75) is 58.3 Å². The van der Waals surface area contributed by atoms with E-state index in [1.165, 1.54) is 44.9 Å². The molecule has 0 saturated heterocycles. The summed E-state index contributed by atoms with van der Waals surface area (Å²) in [5.74, 6) is 0.419. The summed E-state index contributed by atoms with van der Waals surface area (Å²) in [5.41, 5.74) is 0. The lowest BCUT2D eigenvalue weighted by molar-refractivity contribution is -0.108. The van der Waals surface area contributed by atoms with E-state index in [-0.39, 0.29) is 0 Å². The molecule has 0 saturated carbocycles. The highest BCUT2D eigenvalue weighted by molar-refractivity contribution is 5.69. The number of carbonyl (C=O) groups is 1. The molecule has 0 rings (SSSR count).